The molecule has 1 rings (SSSR count). The fourth-order valence-corrected chi connectivity index (χ4v) is 1.29. The van der Waals surface area contributed by atoms with Gasteiger partial charge in [0.1, 0.15) is 0 Å². The Morgan fingerprint density at radius 3 is 2.82 bits per heavy atom. The van der Waals surface area contributed by atoms with Gasteiger partial charge in [0.2, 0.25) is 0 Å². The Morgan fingerprint density at radius 2 is 2.29 bits per heavy atom. The van der Waals surface area contributed by atoms with Crippen LogP contribution in [0.25, 0.3) is 0 Å². The molecule has 0 aliphatic rings. The van der Waals surface area contributed by atoms with Gasteiger partial charge in [-0.1, -0.05) is 17.3 Å². The van der Waals surface area contributed by atoms with Crippen molar-refractivity contribution < 1.29 is 14.9 Å². The van der Waals surface area contributed by atoms with E-state index in [9.17, 15) is 10.1 Å². The Hall–Kier alpha value is -2.31. The van der Waals surface area contributed by atoms with Gasteiger partial charge in [-0.3, -0.25) is 10.1 Å². The second-order valence-corrected chi connectivity index (χ2v) is 3.46. The van der Waals surface area contributed by atoms with E-state index in [4.69, 9.17) is 15.7 Å². The zero-order valence-electron chi connectivity index (χ0n) is 9.45. The quantitative estimate of drug-likeness (QED) is 0.271. The molecule has 0 amide bonds. The summed E-state index contributed by atoms with van der Waals surface area (Å²) in [5.41, 5.74) is 5.70. The molecule has 1 atom stereocenters. The van der Waals surface area contributed by atoms with Crippen LogP contribution in [0, 0.1) is 17.0 Å². The van der Waals surface area contributed by atoms with Crippen molar-refractivity contribution in [1.29, 1.82) is 0 Å². The van der Waals surface area contributed by atoms with E-state index in [0.29, 0.717) is 5.56 Å². The molecule has 7 nitrogen and oxygen atoms in total. The number of hydrogen-bond acceptors (Lipinski definition) is 5. The zero-order valence-corrected chi connectivity index (χ0v) is 9.45. The molecule has 0 saturated heterocycles. The van der Waals surface area contributed by atoms with Crippen LogP contribution in [0.5, 0.6) is 5.75 Å². The van der Waals surface area contributed by atoms with E-state index in [-0.39, 0.29) is 17.3 Å². The van der Waals surface area contributed by atoms with Gasteiger partial charge in [-0.15, -0.1) is 0 Å². The monoisotopic (exact) mass is 239 g/mol. The fraction of sp³-hybridized carbons (Fsp3) is 0.300. The number of nitro benzene ring substituents is 1. The summed E-state index contributed by atoms with van der Waals surface area (Å²) < 4.78 is 5.28. The topological polar surface area (TPSA) is 111 Å². The lowest BCUT2D eigenvalue weighted by atomic mass is 10.2. The van der Waals surface area contributed by atoms with E-state index in [1.165, 1.54) is 13.0 Å². The summed E-state index contributed by atoms with van der Waals surface area (Å²) in [7, 11) is 0. The number of para-hydroxylation sites is 1. The van der Waals surface area contributed by atoms with E-state index >= 15 is 0 Å². The third-order valence-corrected chi connectivity index (χ3v) is 2.22. The average molecular weight is 239 g/mol. The predicted octanol–water partition coefficient (Wildman–Crippen LogP) is 1.42. The fourth-order valence-electron chi connectivity index (χ4n) is 1.29. The third-order valence-electron chi connectivity index (χ3n) is 2.22. The summed E-state index contributed by atoms with van der Waals surface area (Å²) in [5.74, 6) is -0.0603. The largest absolute Gasteiger partial charge is 0.476 e. The van der Waals surface area contributed by atoms with Gasteiger partial charge in [0.05, 0.1) is 4.92 Å². The highest BCUT2D eigenvalue weighted by molar-refractivity contribution is 5.84. The molecule has 0 heterocycles. The second kappa shape index (κ2) is 5.15. The van der Waals surface area contributed by atoms with Gasteiger partial charge >= 0.3 is 5.69 Å². The van der Waals surface area contributed by atoms with E-state index < -0.39 is 11.0 Å². The number of nitro groups is 1. The highest BCUT2D eigenvalue weighted by Gasteiger charge is 2.21. The molecular weight excluding hydrogens is 226 g/mol. The maximum absolute atomic E-state index is 10.9. The van der Waals surface area contributed by atoms with Gasteiger partial charge < -0.3 is 15.7 Å². The maximum Gasteiger partial charge on any atom is 0.313 e. The summed E-state index contributed by atoms with van der Waals surface area (Å²) in [6.07, 6.45) is -0.750. The van der Waals surface area contributed by atoms with Crippen molar-refractivity contribution in [2.24, 2.45) is 10.9 Å². The number of hydrogen-bond donors (Lipinski definition) is 2. The Labute approximate surface area is 97.6 Å². The first-order chi connectivity index (χ1) is 7.97. The van der Waals surface area contributed by atoms with Crippen molar-refractivity contribution in [3.8, 4) is 5.75 Å². The molecule has 0 bridgehead atoms. The van der Waals surface area contributed by atoms with E-state index in [1.54, 1.807) is 19.1 Å². The molecular formula is C10H13N3O4. The SMILES string of the molecule is Cc1cccc(OC(C)C(N)=NO)c1[N+](=O)[O-]. The summed E-state index contributed by atoms with van der Waals surface area (Å²) >= 11 is 0. The second-order valence-electron chi connectivity index (χ2n) is 3.46. The summed E-state index contributed by atoms with van der Waals surface area (Å²) in [4.78, 5) is 10.4. The molecule has 0 aromatic heterocycles. The number of amidine groups is 1. The first kappa shape index (κ1) is 12.8. The molecule has 7 heteroatoms. The Bertz CT molecular complexity index is 459. The summed E-state index contributed by atoms with van der Waals surface area (Å²) in [5, 5.41) is 22.1. The Morgan fingerprint density at radius 1 is 1.65 bits per heavy atom. The first-order valence-electron chi connectivity index (χ1n) is 4.85. The molecule has 0 aliphatic heterocycles. The number of nitrogens with zero attached hydrogens (tertiary/aromatic N) is 2. The van der Waals surface area contributed by atoms with Gasteiger partial charge in [-0.25, -0.2) is 0 Å². The summed E-state index contributed by atoms with van der Waals surface area (Å²) in [6, 6.07) is 4.71. The van der Waals surface area contributed by atoms with Crippen molar-refractivity contribution in [3.63, 3.8) is 0 Å². The number of rotatable bonds is 4. The van der Waals surface area contributed by atoms with Gasteiger partial charge in [0, 0.05) is 5.56 Å². The number of benzene rings is 1. The molecule has 1 aromatic carbocycles. The van der Waals surface area contributed by atoms with Crippen LogP contribution in [-0.2, 0) is 0 Å². The molecule has 3 N–H and O–H groups in total. The van der Waals surface area contributed by atoms with Gasteiger partial charge in [-0.05, 0) is 19.9 Å². The van der Waals surface area contributed by atoms with Crippen LogP contribution in [-0.4, -0.2) is 22.1 Å². The van der Waals surface area contributed by atoms with Gasteiger partial charge in [0.25, 0.3) is 0 Å². The molecule has 0 aliphatic carbocycles. The molecule has 0 fully saturated rings. The minimum absolute atomic E-state index is 0.0918. The van der Waals surface area contributed by atoms with Gasteiger partial charge in [0.15, 0.2) is 17.7 Å². The number of ether oxygens (including phenoxy) is 1. The molecule has 0 saturated carbocycles. The van der Waals surface area contributed by atoms with Crippen molar-refractivity contribution in [2.45, 2.75) is 20.0 Å². The number of nitrogens with two attached hydrogens (primary N) is 1. The van der Waals surface area contributed by atoms with Crippen LogP contribution in [0.2, 0.25) is 0 Å². The number of oxime groups is 1. The molecule has 1 unspecified atom stereocenters. The average Bonchev–Trinajstić information content (AvgIpc) is 2.27. The molecule has 17 heavy (non-hydrogen) atoms. The van der Waals surface area contributed by atoms with E-state index in [2.05, 4.69) is 5.16 Å². The lowest BCUT2D eigenvalue weighted by molar-refractivity contribution is -0.386. The molecule has 0 radical (unpaired) electrons. The van der Waals surface area contributed by atoms with Crippen molar-refractivity contribution in [2.75, 3.05) is 0 Å². The lowest BCUT2D eigenvalue weighted by Crippen LogP contribution is -2.31. The first-order valence-corrected chi connectivity index (χ1v) is 4.85. The zero-order chi connectivity index (χ0) is 13.0. The normalized spacial score (nSPS) is 13.2. The van der Waals surface area contributed by atoms with Crippen molar-refractivity contribution in [3.05, 3.63) is 33.9 Å². The van der Waals surface area contributed by atoms with Crippen LogP contribution in [0.15, 0.2) is 23.4 Å². The Balaban J connectivity index is 3.07. The Kier molecular flexibility index (Phi) is 3.86. The van der Waals surface area contributed by atoms with E-state index in [0.717, 1.165) is 0 Å². The minimum Gasteiger partial charge on any atom is -0.476 e. The van der Waals surface area contributed by atoms with Crippen LogP contribution in [0.4, 0.5) is 5.69 Å². The van der Waals surface area contributed by atoms with Gasteiger partial charge in [-0.2, -0.15) is 0 Å². The highest BCUT2D eigenvalue weighted by Crippen LogP contribution is 2.30. The highest BCUT2D eigenvalue weighted by atomic mass is 16.6. The maximum atomic E-state index is 10.9. The van der Waals surface area contributed by atoms with E-state index in [1.807, 2.05) is 0 Å². The smallest absolute Gasteiger partial charge is 0.313 e. The minimum atomic E-state index is -0.750. The van der Waals surface area contributed by atoms with Crippen LogP contribution < -0.4 is 10.5 Å². The van der Waals surface area contributed by atoms with Crippen LogP contribution >= 0.6 is 0 Å². The summed E-state index contributed by atoms with van der Waals surface area (Å²) in [6.45, 7) is 3.14. The standard InChI is InChI=1S/C10H13N3O4/c1-6-4-3-5-8(9(6)13(15)16)17-7(2)10(11)12-14/h3-5,7,14H,1-2H3,(H2,11,12). The molecule has 92 valence electrons. The predicted molar refractivity (Wildman–Crippen MR) is 61.3 cm³/mol. The van der Waals surface area contributed by atoms with Crippen molar-refractivity contribution >= 4 is 11.5 Å². The van der Waals surface area contributed by atoms with Crippen molar-refractivity contribution in [1.82, 2.24) is 0 Å². The number of aryl methyl sites for hydroxylation is 1. The lowest BCUT2D eigenvalue weighted by Gasteiger charge is -2.13. The molecule has 0 spiro atoms. The molecule has 1 aromatic rings. The third kappa shape index (κ3) is 2.83. The van der Waals surface area contributed by atoms with Crippen LogP contribution in [0.1, 0.15) is 12.5 Å². The van der Waals surface area contributed by atoms with Crippen LogP contribution in [0.3, 0.4) is 0 Å².